The quantitative estimate of drug-likeness (QED) is 0.601. The van der Waals surface area contributed by atoms with Gasteiger partial charge in [-0.3, -0.25) is 0 Å². The summed E-state index contributed by atoms with van der Waals surface area (Å²) in [5.74, 6) is -1.02. The summed E-state index contributed by atoms with van der Waals surface area (Å²) in [6.07, 6.45) is 0.696. The Morgan fingerprint density at radius 2 is 2.16 bits per heavy atom. The van der Waals surface area contributed by atoms with Gasteiger partial charge in [0, 0.05) is 30.6 Å². The van der Waals surface area contributed by atoms with E-state index in [1.807, 2.05) is 12.3 Å². The number of carbonyl (C=O) groups is 2. The lowest BCUT2D eigenvalue weighted by atomic mass is 10.4. The standard InChI is InChI=1S/C11H17N3O4S/c1-8-7-19-9(14-8)2-3-12-11(17)13-4-5-18-6-10(15)16/h7H,2-6H2,1H3,(H,15,16)(H2,12,13,17). The van der Waals surface area contributed by atoms with Crippen LogP contribution in [0.15, 0.2) is 5.38 Å². The van der Waals surface area contributed by atoms with Crippen LogP contribution in [0.3, 0.4) is 0 Å². The molecular formula is C11H17N3O4S. The minimum atomic E-state index is -1.02. The third-order valence-electron chi connectivity index (χ3n) is 2.05. The van der Waals surface area contributed by atoms with Crippen LogP contribution in [0, 0.1) is 6.92 Å². The molecule has 1 aromatic rings. The largest absolute Gasteiger partial charge is 0.480 e. The van der Waals surface area contributed by atoms with Crippen molar-refractivity contribution in [2.24, 2.45) is 0 Å². The lowest BCUT2D eigenvalue weighted by Gasteiger charge is -2.06. The summed E-state index contributed by atoms with van der Waals surface area (Å²) in [5, 5.41) is 16.5. The van der Waals surface area contributed by atoms with Crippen molar-refractivity contribution in [3.05, 3.63) is 16.1 Å². The molecule has 0 atom stereocenters. The summed E-state index contributed by atoms with van der Waals surface area (Å²) in [6.45, 7) is 2.53. The van der Waals surface area contributed by atoms with E-state index in [0.717, 1.165) is 10.7 Å². The number of carboxylic acids is 1. The molecule has 0 radical (unpaired) electrons. The fourth-order valence-corrected chi connectivity index (χ4v) is 2.04. The molecule has 7 nitrogen and oxygen atoms in total. The number of aromatic nitrogens is 1. The molecule has 106 valence electrons. The molecule has 1 heterocycles. The molecule has 0 spiro atoms. The Morgan fingerprint density at radius 1 is 1.42 bits per heavy atom. The van der Waals surface area contributed by atoms with Crippen LogP contribution in [-0.4, -0.2) is 48.4 Å². The molecule has 0 aliphatic rings. The number of aryl methyl sites for hydroxylation is 1. The predicted molar refractivity (Wildman–Crippen MR) is 70.4 cm³/mol. The Kier molecular flexibility index (Phi) is 6.83. The number of thiazole rings is 1. The van der Waals surface area contributed by atoms with Gasteiger partial charge in [0.15, 0.2) is 0 Å². The van der Waals surface area contributed by atoms with Crippen LogP contribution in [-0.2, 0) is 16.0 Å². The summed E-state index contributed by atoms with van der Waals surface area (Å²) in [5.41, 5.74) is 0.986. The molecule has 0 aliphatic carbocycles. The monoisotopic (exact) mass is 287 g/mol. The number of rotatable bonds is 8. The zero-order valence-corrected chi connectivity index (χ0v) is 11.5. The Hall–Kier alpha value is -1.67. The van der Waals surface area contributed by atoms with E-state index in [1.54, 1.807) is 11.3 Å². The predicted octanol–water partition coefficient (Wildman–Crippen LogP) is 0.394. The molecule has 0 aromatic carbocycles. The lowest BCUT2D eigenvalue weighted by molar-refractivity contribution is -0.142. The first-order chi connectivity index (χ1) is 9.08. The number of hydrogen-bond acceptors (Lipinski definition) is 5. The minimum absolute atomic E-state index is 0.172. The van der Waals surface area contributed by atoms with Gasteiger partial charge in [-0.1, -0.05) is 0 Å². The average Bonchev–Trinajstić information content (AvgIpc) is 2.74. The second-order valence-electron chi connectivity index (χ2n) is 3.76. The van der Waals surface area contributed by atoms with Gasteiger partial charge in [0.2, 0.25) is 0 Å². The highest BCUT2D eigenvalue weighted by molar-refractivity contribution is 7.09. The van der Waals surface area contributed by atoms with Crippen LogP contribution in [0.2, 0.25) is 0 Å². The number of urea groups is 1. The molecule has 8 heteroatoms. The van der Waals surface area contributed by atoms with E-state index in [2.05, 4.69) is 15.6 Å². The molecule has 0 unspecified atom stereocenters. The van der Waals surface area contributed by atoms with E-state index in [9.17, 15) is 9.59 Å². The van der Waals surface area contributed by atoms with Gasteiger partial charge in [0.1, 0.15) is 6.61 Å². The molecule has 3 N–H and O–H groups in total. The van der Waals surface area contributed by atoms with Crippen molar-refractivity contribution in [1.82, 2.24) is 15.6 Å². The SMILES string of the molecule is Cc1csc(CCNC(=O)NCCOCC(=O)O)n1. The van der Waals surface area contributed by atoms with Crippen molar-refractivity contribution < 1.29 is 19.4 Å². The van der Waals surface area contributed by atoms with Crippen molar-refractivity contribution in [1.29, 1.82) is 0 Å². The number of carboxylic acid groups (broad SMARTS) is 1. The second kappa shape index (κ2) is 8.44. The molecule has 1 aromatic heterocycles. The van der Waals surface area contributed by atoms with Crippen LogP contribution in [0.25, 0.3) is 0 Å². The highest BCUT2D eigenvalue weighted by Crippen LogP contribution is 2.08. The van der Waals surface area contributed by atoms with Crippen LogP contribution >= 0.6 is 11.3 Å². The van der Waals surface area contributed by atoms with Crippen molar-refractivity contribution in [3.63, 3.8) is 0 Å². The number of nitrogens with one attached hydrogen (secondary N) is 2. The summed E-state index contributed by atoms with van der Waals surface area (Å²) in [6, 6.07) is -0.299. The number of hydrogen-bond donors (Lipinski definition) is 3. The summed E-state index contributed by atoms with van der Waals surface area (Å²) in [7, 11) is 0. The number of aliphatic carboxylic acids is 1. The smallest absolute Gasteiger partial charge is 0.329 e. The average molecular weight is 287 g/mol. The maximum atomic E-state index is 11.3. The molecule has 0 saturated carbocycles. The molecule has 0 aliphatic heterocycles. The number of amides is 2. The molecule has 0 bridgehead atoms. The first-order valence-electron chi connectivity index (χ1n) is 5.80. The van der Waals surface area contributed by atoms with E-state index < -0.39 is 5.97 Å². The zero-order chi connectivity index (χ0) is 14.1. The first kappa shape index (κ1) is 15.4. The maximum absolute atomic E-state index is 11.3. The molecule has 0 saturated heterocycles. The van der Waals surface area contributed by atoms with Crippen LogP contribution in [0.4, 0.5) is 4.79 Å². The van der Waals surface area contributed by atoms with E-state index in [1.165, 1.54) is 0 Å². The second-order valence-corrected chi connectivity index (χ2v) is 4.70. The van der Waals surface area contributed by atoms with Gasteiger partial charge < -0.3 is 20.5 Å². The van der Waals surface area contributed by atoms with Crippen molar-refractivity contribution in [2.45, 2.75) is 13.3 Å². The lowest BCUT2D eigenvalue weighted by Crippen LogP contribution is -2.38. The summed E-state index contributed by atoms with van der Waals surface area (Å²) in [4.78, 5) is 25.8. The molecule has 2 amide bonds. The van der Waals surface area contributed by atoms with Crippen molar-refractivity contribution in [2.75, 3.05) is 26.3 Å². The number of ether oxygens (including phenoxy) is 1. The van der Waals surface area contributed by atoms with Gasteiger partial charge in [0.25, 0.3) is 0 Å². The fourth-order valence-electron chi connectivity index (χ4n) is 1.26. The normalized spacial score (nSPS) is 10.2. The van der Waals surface area contributed by atoms with Crippen molar-refractivity contribution >= 4 is 23.3 Å². The van der Waals surface area contributed by atoms with Crippen LogP contribution < -0.4 is 10.6 Å². The number of nitrogens with zero attached hydrogens (tertiary/aromatic N) is 1. The first-order valence-corrected chi connectivity index (χ1v) is 6.68. The third kappa shape index (κ3) is 7.37. The highest BCUT2D eigenvalue weighted by Gasteiger charge is 2.02. The van der Waals surface area contributed by atoms with E-state index >= 15 is 0 Å². The highest BCUT2D eigenvalue weighted by atomic mass is 32.1. The Labute approximate surface area is 115 Å². The third-order valence-corrected chi connectivity index (χ3v) is 3.07. The Morgan fingerprint density at radius 3 is 2.79 bits per heavy atom. The summed E-state index contributed by atoms with van der Waals surface area (Å²) < 4.78 is 4.77. The van der Waals surface area contributed by atoms with Gasteiger partial charge in [-0.25, -0.2) is 14.6 Å². The maximum Gasteiger partial charge on any atom is 0.329 e. The van der Waals surface area contributed by atoms with E-state index in [4.69, 9.17) is 9.84 Å². The fraction of sp³-hybridized carbons (Fsp3) is 0.545. The molecule has 1 rings (SSSR count). The van der Waals surface area contributed by atoms with Gasteiger partial charge in [-0.05, 0) is 6.92 Å². The Balaban J connectivity index is 2.00. The van der Waals surface area contributed by atoms with Crippen LogP contribution in [0.5, 0.6) is 0 Å². The van der Waals surface area contributed by atoms with E-state index in [-0.39, 0.29) is 25.8 Å². The van der Waals surface area contributed by atoms with Gasteiger partial charge in [-0.15, -0.1) is 11.3 Å². The summed E-state index contributed by atoms with van der Waals surface area (Å²) >= 11 is 1.57. The van der Waals surface area contributed by atoms with E-state index in [0.29, 0.717) is 13.0 Å². The molecular weight excluding hydrogens is 270 g/mol. The minimum Gasteiger partial charge on any atom is -0.480 e. The zero-order valence-electron chi connectivity index (χ0n) is 10.6. The van der Waals surface area contributed by atoms with Gasteiger partial charge >= 0.3 is 12.0 Å². The Bertz CT molecular complexity index is 422. The van der Waals surface area contributed by atoms with Crippen molar-refractivity contribution in [3.8, 4) is 0 Å². The molecule has 0 fully saturated rings. The van der Waals surface area contributed by atoms with Crippen LogP contribution in [0.1, 0.15) is 10.7 Å². The molecule has 19 heavy (non-hydrogen) atoms. The van der Waals surface area contributed by atoms with Gasteiger partial charge in [0.05, 0.1) is 11.6 Å². The van der Waals surface area contributed by atoms with Gasteiger partial charge in [-0.2, -0.15) is 0 Å². The topological polar surface area (TPSA) is 101 Å². The number of carbonyl (C=O) groups excluding carboxylic acids is 1.